The number of H-pyrrole nitrogens is 1. The van der Waals surface area contributed by atoms with Gasteiger partial charge in [-0.1, -0.05) is 43.8 Å². The molecule has 0 radical (unpaired) electrons. The minimum atomic E-state index is -0.197. The summed E-state index contributed by atoms with van der Waals surface area (Å²) in [6, 6.07) is 16.4. The summed E-state index contributed by atoms with van der Waals surface area (Å²) in [6.07, 6.45) is 0.825. The van der Waals surface area contributed by atoms with Gasteiger partial charge < -0.3 is 9.30 Å². The maximum atomic E-state index is 6.24. The third kappa shape index (κ3) is 3.49. The highest BCUT2D eigenvalue weighted by molar-refractivity contribution is 5.76. The third-order valence-corrected chi connectivity index (χ3v) is 6.59. The van der Waals surface area contributed by atoms with E-state index in [2.05, 4.69) is 69.9 Å². The van der Waals surface area contributed by atoms with Crippen molar-refractivity contribution in [3.8, 4) is 5.75 Å². The number of hydrogen-bond donors (Lipinski definition) is 1. The first kappa shape index (κ1) is 21.2. The zero-order valence-electron chi connectivity index (χ0n) is 19.9. The second-order valence-corrected chi connectivity index (χ2v) is 8.92. The van der Waals surface area contributed by atoms with E-state index < -0.39 is 0 Å². The van der Waals surface area contributed by atoms with E-state index in [1.807, 2.05) is 31.2 Å². The molecule has 8 heteroatoms. The Bertz CT molecular complexity index is 1580. The Balaban J connectivity index is 1.48. The van der Waals surface area contributed by atoms with Gasteiger partial charge in [-0.3, -0.25) is 0 Å². The van der Waals surface area contributed by atoms with Crippen LogP contribution in [0.15, 0.2) is 55.1 Å². The van der Waals surface area contributed by atoms with Crippen molar-refractivity contribution in [2.45, 2.75) is 39.7 Å². The number of tetrazole rings is 1. The molecule has 6 rings (SSSR count). The fraction of sp³-hybridized carbons (Fsp3) is 0.222. The van der Waals surface area contributed by atoms with Gasteiger partial charge in [0, 0.05) is 23.2 Å². The number of aromatic amines is 1. The normalized spacial score (nSPS) is 14.9. The Morgan fingerprint density at radius 2 is 1.91 bits per heavy atom. The lowest BCUT2D eigenvalue weighted by atomic mass is 9.86. The molecule has 0 bridgehead atoms. The molecule has 35 heavy (non-hydrogen) atoms. The largest absolute Gasteiger partial charge is 0.457 e. The molecule has 1 atom stereocenters. The Morgan fingerprint density at radius 3 is 2.71 bits per heavy atom. The number of nitrogens with one attached hydrogen (secondary N) is 1. The molecule has 174 valence electrons. The molecule has 0 saturated heterocycles. The van der Waals surface area contributed by atoms with E-state index in [1.54, 1.807) is 0 Å². The summed E-state index contributed by atoms with van der Waals surface area (Å²) in [7, 11) is 0. The van der Waals surface area contributed by atoms with Crippen molar-refractivity contribution < 1.29 is 4.74 Å². The van der Waals surface area contributed by atoms with E-state index in [4.69, 9.17) is 14.7 Å². The molecule has 1 aliphatic rings. The number of imidazole rings is 1. The molecule has 3 aromatic heterocycles. The van der Waals surface area contributed by atoms with Crippen LogP contribution in [0.4, 0.5) is 0 Å². The molecule has 2 aromatic carbocycles. The fourth-order valence-electron chi connectivity index (χ4n) is 5.01. The van der Waals surface area contributed by atoms with E-state index in [1.165, 1.54) is 0 Å². The highest BCUT2D eigenvalue weighted by Gasteiger charge is 2.30. The van der Waals surface area contributed by atoms with Crippen molar-refractivity contribution in [3.63, 3.8) is 0 Å². The minimum absolute atomic E-state index is 0.197. The number of nitrogens with zero attached hydrogens (tertiary/aromatic N) is 6. The van der Waals surface area contributed by atoms with Gasteiger partial charge in [0.05, 0.1) is 12.5 Å². The Hall–Kier alpha value is -4.33. The number of ether oxygens (including phenoxy) is 1. The first-order chi connectivity index (χ1) is 17.0. The summed E-state index contributed by atoms with van der Waals surface area (Å²) in [5.41, 5.74) is 8.09. The van der Waals surface area contributed by atoms with Crippen LogP contribution in [0.25, 0.3) is 16.9 Å². The van der Waals surface area contributed by atoms with Crippen LogP contribution in [0.2, 0.25) is 0 Å². The van der Waals surface area contributed by atoms with Gasteiger partial charge in [0.15, 0.2) is 11.5 Å². The second-order valence-electron chi connectivity index (χ2n) is 8.92. The number of rotatable bonds is 4. The van der Waals surface area contributed by atoms with Crippen LogP contribution in [0.3, 0.4) is 0 Å². The van der Waals surface area contributed by atoms with Crippen molar-refractivity contribution in [2.75, 3.05) is 0 Å². The molecule has 5 aromatic rings. The van der Waals surface area contributed by atoms with Crippen LogP contribution in [0.1, 0.15) is 58.0 Å². The van der Waals surface area contributed by atoms with Gasteiger partial charge in [0.1, 0.15) is 22.8 Å². The van der Waals surface area contributed by atoms with Crippen LogP contribution in [-0.4, -0.2) is 35.2 Å². The lowest BCUT2D eigenvalue weighted by Gasteiger charge is -2.17. The predicted octanol–water partition coefficient (Wildman–Crippen LogP) is 4.72. The molecule has 1 aliphatic heterocycles. The summed E-state index contributed by atoms with van der Waals surface area (Å²) in [5.74, 6) is 2.83. The first-order valence-corrected chi connectivity index (χ1v) is 11.7. The highest BCUT2D eigenvalue weighted by atomic mass is 16.5. The number of aromatic nitrogens is 7. The first-order valence-electron chi connectivity index (χ1n) is 11.7. The molecule has 0 saturated carbocycles. The predicted molar refractivity (Wildman–Crippen MR) is 133 cm³/mol. The summed E-state index contributed by atoms with van der Waals surface area (Å²) in [5, 5.41) is 14.8. The van der Waals surface area contributed by atoms with Crippen LogP contribution in [-0.2, 0) is 13.0 Å². The molecule has 4 heterocycles. The van der Waals surface area contributed by atoms with Gasteiger partial charge >= 0.3 is 0 Å². The fourth-order valence-corrected chi connectivity index (χ4v) is 5.01. The van der Waals surface area contributed by atoms with Crippen LogP contribution >= 0.6 is 0 Å². The van der Waals surface area contributed by atoms with Crippen molar-refractivity contribution >= 4 is 16.9 Å². The van der Waals surface area contributed by atoms with Crippen molar-refractivity contribution in [1.29, 1.82) is 0 Å². The summed E-state index contributed by atoms with van der Waals surface area (Å²) < 4.78 is 8.45. The Kier molecular flexibility index (Phi) is 4.95. The second kappa shape index (κ2) is 8.16. The molecule has 0 spiro atoms. The molecular formula is C27H25N7O. The van der Waals surface area contributed by atoms with Gasteiger partial charge in [-0.05, 0) is 59.2 Å². The zero-order chi connectivity index (χ0) is 24.1. The number of aryl methyl sites for hydroxylation is 3. The van der Waals surface area contributed by atoms with E-state index in [0.29, 0.717) is 18.1 Å². The molecule has 1 N–H and O–H groups in total. The average Bonchev–Trinajstić information content (AvgIpc) is 3.47. The topological polar surface area (TPSA) is 94.4 Å². The lowest BCUT2D eigenvalue weighted by Crippen LogP contribution is -2.09. The molecule has 0 aliphatic carbocycles. The summed E-state index contributed by atoms with van der Waals surface area (Å²) in [4.78, 5) is 9.71. The summed E-state index contributed by atoms with van der Waals surface area (Å²) in [6.45, 7) is 11.1. The zero-order valence-corrected chi connectivity index (χ0v) is 19.9. The number of pyridine rings is 1. The number of fused-ring (bicyclic) bond motifs is 3. The molecule has 0 fully saturated rings. The van der Waals surface area contributed by atoms with Gasteiger partial charge in [0.25, 0.3) is 0 Å². The third-order valence-electron chi connectivity index (χ3n) is 6.59. The number of hydrogen-bond acceptors (Lipinski definition) is 6. The Labute approximate surface area is 202 Å². The maximum Gasteiger partial charge on any atom is 0.160 e. The Morgan fingerprint density at radius 1 is 1.06 bits per heavy atom. The SMILES string of the molecule is C=C1Oc2ccccc2C(c2nnn[nH]2)c2ccc(Cn3c(CC)nc4c(C)cc(C)nc43)cc21. The maximum absolute atomic E-state index is 6.24. The van der Waals surface area contributed by atoms with E-state index in [-0.39, 0.29) is 5.92 Å². The van der Waals surface area contributed by atoms with Crippen molar-refractivity contribution in [2.24, 2.45) is 0 Å². The number of para-hydroxylation sites is 1. The minimum Gasteiger partial charge on any atom is -0.457 e. The van der Waals surface area contributed by atoms with Gasteiger partial charge in [-0.15, -0.1) is 5.10 Å². The van der Waals surface area contributed by atoms with Crippen LogP contribution in [0, 0.1) is 13.8 Å². The highest BCUT2D eigenvalue weighted by Crippen LogP contribution is 2.43. The quantitative estimate of drug-likeness (QED) is 0.415. The van der Waals surface area contributed by atoms with Gasteiger partial charge in [-0.2, -0.15) is 0 Å². The lowest BCUT2D eigenvalue weighted by molar-refractivity contribution is 0.513. The number of benzene rings is 2. The van der Waals surface area contributed by atoms with Crippen molar-refractivity contribution in [1.82, 2.24) is 35.2 Å². The van der Waals surface area contributed by atoms with Crippen LogP contribution in [0.5, 0.6) is 5.75 Å². The molecular weight excluding hydrogens is 438 g/mol. The summed E-state index contributed by atoms with van der Waals surface area (Å²) >= 11 is 0. The smallest absolute Gasteiger partial charge is 0.160 e. The van der Waals surface area contributed by atoms with E-state index in [0.717, 1.165) is 62.7 Å². The van der Waals surface area contributed by atoms with Gasteiger partial charge in [-0.25, -0.2) is 15.1 Å². The van der Waals surface area contributed by atoms with Gasteiger partial charge in [0.2, 0.25) is 0 Å². The monoisotopic (exact) mass is 463 g/mol. The average molecular weight is 464 g/mol. The molecule has 0 amide bonds. The molecule has 1 unspecified atom stereocenters. The van der Waals surface area contributed by atoms with E-state index >= 15 is 0 Å². The van der Waals surface area contributed by atoms with Crippen molar-refractivity contribution in [3.05, 3.63) is 100 Å². The van der Waals surface area contributed by atoms with E-state index in [9.17, 15) is 0 Å². The standard InChI is InChI=1S/C27H25N7O/c1-5-23-29-25-15(2)12-16(3)28-27(25)34(23)14-18-10-11-19-21(13-18)17(4)35-22-9-7-6-8-20(22)24(19)26-30-32-33-31-26/h6-13,24H,4-5,14H2,1-3H3,(H,30,31,32,33). The molecule has 8 nitrogen and oxygen atoms in total. The van der Waals surface area contributed by atoms with Crippen LogP contribution < -0.4 is 4.74 Å².